The van der Waals surface area contributed by atoms with Crippen molar-refractivity contribution in [1.82, 2.24) is 14.5 Å². The van der Waals surface area contributed by atoms with Gasteiger partial charge in [-0.05, 0) is 23.2 Å². The first kappa shape index (κ1) is 8.47. The number of hydrogen-bond donors (Lipinski definition) is 1. The van der Waals surface area contributed by atoms with Gasteiger partial charge in [-0.1, -0.05) is 0 Å². The monoisotopic (exact) mass is 196 g/mol. The van der Waals surface area contributed by atoms with Gasteiger partial charge in [0.05, 0.1) is 0 Å². The predicted octanol–water partition coefficient (Wildman–Crippen LogP) is 1.08. The van der Waals surface area contributed by atoms with E-state index in [2.05, 4.69) is 9.97 Å². The van der Waals surface area contributed by atoms with E-state index in [4.69, 9.17) is 17.3 Å². The van der Waals surface area contributed by atoms with Crippen LogP contribution in [-0.4, -0.2) is 14.5 Å². The Morgan fingerprint density at radius 1 is 1.62 bits per heavy atom. The molecule has 0 unspecified atom stereocenters. The molecule has 0 amide bonds. The third-order valence-corrected chi connectivity index (χ3v) is 2.28. The van der Waals surface area contributed by atoms with Crippen LogP contribution in [0, 0.1) is 0 Å². The first-order chi connectivity index (χ1) is 6.22. The van der Waals surface area contributed by atoms with Crippen LogP contribution in [0.2, 0.25) is 5.28 Å². The fourth-order valence-corrected chi connectivity index (χ4v) is 1.37. The Hall–Kier alpha value is -1.13. The highest BCUT2D eigenvalue weighted by Gasteiger charge is 2.06. The molecule has 2 heterocycles. The van der Waals surface area contributed by atoms with Crippen molar-refractivity contribution in [2.75, 3.05) is 0 Å². The number of hydrogen-bond acceptors (Lipinski definition) is 3. The minimum atomic E-state index is 0.441. The van der Waals surface area contributed by atoms with E-state index in [0.717, 1.165) is 16.7 Å². The predicted molar refractivity (Wildman–Crippen MR) is 51.4 cm³/mol. The minimum Gasteiger partial charge on any atom is -0.326 e. The maximum absolute atomic E-state index is 5.83. The summed E-state index contributed by atoms with van der Waals surface area (Å²) in [7, 11) is 1.83. The lowest BCUT2D eigenvalue weighted by Gasteiger charge is -1.96. The average Bonchev–Trinajstić information content (AvgIpc) is 2.42. The Bertz CT molecular complexity index is 449. The standard InChI is InChI=1S/C8H9ClN4/c1-13-7-6(12-8(13)9)2-5(3-10)4-11-7/h2,4H,3,10H2,1H3. The van der Waals surface area contributed by atoms with Crippen LogP contribution in [0.1, 0.15) is 5.56 Å². The number of imidazole rings is 1. The van der Waals surface area contributed by atoms with Gasteiger partial charge in [-0.15, -0.1) is 0 Å². The topological polar surface area (TPSA) is 56.7 Å². The molecule has 68 valence electrons. The summed E-state index contributed by atoms with van der Waals surface area (Å²) in [6.45, 7) is 0.469. The van der Waals surface area contributed by atoms with Crippen LogP contribution in [0.25, 0.3) is 11.2 Å². The van der Waals surface area contributed by atoms with Crippen molar-refractivity contribution in [2.45, 2.75) is 6.54 Å². The molecule has 0 aliphatic rings. The molecule has 0 saturated heterocycles. The van der Waals surface area contributed by atoms with E-state index in [9.17, 15) is 0 Å². The van der Waals surface area contributed by atoms with Gasteiger partial charge in [0, 0.05) is 19.8 Å². The summed E-state index contributed by atoms with van der Waals surface area (Å²) < 4.78 is 1.73. The van der Waals surface area contributed by atoms with Crippen molar-refractivity contribution < 1.29 is 0 Å². The summed E-state index contributed by atoms with van der Waals surface area (Å²) in [5, 5.41) is 0.441. The largest absolute Gasteiger partial charge is 0.326 e. The molecule has 13 heavy (non-hydrogen) atoms. The summed E-state index contributed by atoms with van der Waals surface area (Å²) in [5.41, 5.74) is 8.01. The van der Waals surface area contributed by atoms with E-state index < -0.39 is 0 Å². The number of aromatic nitrogens is 3. The number of fused-ring (bicyclic) bond motifs is 1. The summed E-state index contributed by atoms with van der Waals surface area (Å²) >= 11 is 5.83. The number of halogens is 1. The van der Waals surface area contributed by atoms with Crippen LogP contribution >= 0.6 is 11.6 Å². The second kappa shape index (κ2) is 2.97. The highest BCUT2D eigenvalue weighted by Crippen LogP contribution is 2.16. The van der Waals surface area contributed by atoms with E-state index >= 15 is 0 Å². The van der Waals surface area contributed by atoms with E-state index in [0.29, 0.717) is 11.8 Å². The van der Waals surface area contributed by atoms with Gasteiger partial charge >= 0.3 is 0 Å². The number of aryl methyl sites for hydroxylation is 1. The molecule has 0 atom stereocenters. The molecule has 2 rings (SSSR count). The minimum absolute atomic E-state index is 0.441. The molecule has 0 fully saturated rings. The lowest BCUT2D eigenvalue weighted by molar-refractivity contribution is 0.929. The van der Waals surface area contributed by atoms with E-state index in [1.807, 2.05) is 13.1 Å². The lowest BCUT2D eigenvalue weighted by atomic mass is 10.3. The van der Waals surface area contributed by atoms with Crippen LogP contribution in [0.3, 0.4) is 0 Å². The summed E-state index contributed by atoms with van der Waals surface area (Å²) in [4.78, 5) is 8.34. The third kappa shape index (κ3) is 1.28. The van der Waals surface area contributed by atoms with E-state index in [-0.39, 0.29) is 0 Å². The van der Waals surface area contributed by atoms with Crippen molar-refractivity contribution in [3.05, 3.63) is 23.1 Å². The normalized spacial score (nSPS) is 11.0. The first-order valence-electron chi connectivity index (χ1n) is 3.89. The zero-order chi connectivity index (χ0) is 9.42. The Balaban J connectivity index is 2.73. The van der Waals surface area contributed by atoms with Crippen molar-refractivity contribution in [3.8, 4) is 0 Å². The lowest BCUT2D eigenvalue weighted by Crippen LogP contribution is -1.97. The highest BCUT2D eigenvalue weighted by molar-refractivity contribution is 6.29. The molecule has 4 nitrogen and oxygen atoms in total. The molecule has 2 aromatic rings. The SMILES string of the molecule is Cn1c(Cl)nc2cc(CN)cnc21. The quantitative estimate of drug-likeness (QED) is 0.743. The summed E-state index contributed by atoms with van der Waals surface area (Å²) in [6.07, 6.45) is 1.74. The van der Waals surface area contributed by atoms with E-state index in [1.165, 1.54) is 0 Å². The van der Waals surface area contributed by atoms with Gasteiger partial charge in [-0.2, -0.15) is 0 Å². The van der Waals surface area contributed by atoms with Crippen LogP contribution in [0.15, 0.2) is 12.3 Å². The number of nitrogens with two attached hydrogens (primary N) is 1. The summed E-state index contributed by atoms with van der Waals surface area (Å²) in [5.74, 6) is 0. The summed E-state index contributed by atoms with van der Waals surface area (Å²) in [6, 6.07) is 1.90. The van der Waals surface area contributed by atoms with Gasteiger partial charge in [-0.25, -0.2) is 9.97 Å². The van der Waals surface area contributed by atoms with Gasteiger partial charge < -0.3 is 10.3 Å². The van der Waals surface area contributed by atoms with Crippen molar-refractivity contribution in [2.24, 2.45) is 12.8 Å². The third-order valence-electron chi connectivity index (χ3n) is 1.95. The molecule has 0 radical (unpaired) electrons. The molecule has 0 saturated carbocycles. The maximum Gasteiger partial charge on any atom is 0.204 e. The van der Waals surface area contributed by atoms with E-state index in [1.54, 1.807) is 10.8 Å². The van der Waals surface area contributed by atoms with Crippen molar-refractivity contribution in [3.63, 3.8) is 0 Å². The highest BCUT2D eigenvalue weighted by atomic mass is 35.5. The molecule has 0 aliphatic heterocycles. The molecule has 0 aliphatic carbocycles. The van der Waals surface area contributed by atoms with Gasteiger partial charge in [0.1, 0.15) is 5.52 Å². The molecule has 0 spiro atoms. The second-order valence-corrected chi connectivity index (χ2v) is 3.17. The fourth-order valence-electron chi connectivity index (χ4n) is 1.20. The molecule has 0 aromatic carbocycles. The maximum atomic E-state index is 5.83. The zero-order valence-corrected chi connectivity index (χ0v) is 7.91. The smallest absolute Gasteiger partial charge is 0.204 e. The Kier molecular flexibility index (Phi) is 1.94. The zero-order valence-electron chi connectivity index (χ0n) is 7.16. The number of pyridine rings is 1. The molecule has 2 N–H and O–H groups in total. The molecule has 5 heteroatoms. The molecule has 0 bridgehead atoms. The van der Waals surface area contributed by atoms with Crippen molar-refractivity contribution >= 4 is 22.8 Å². The molecular formula is C8H9ClN4. The van der Waals surface area contributed by atoms with Crippen LogP contribution in [-0.2, 0) is 13.6 Å². The fraction of sp³-hybridized carbons (Fsp3) is 0.250. The van der Waals surface area contributed by atoms with Crippen LogP contribution in [0.5, 0.6) is 0 Å². The van der Waals surface area contributed by atoms with Crippen LogP contribution in [0.4, 0.5) is 0 Å². The Morgan fingerprint density at radius 2 is 2.38 bits per heavy atom. The molecule has 2 aromatic heterocycles. The van der Waals surface area contributed by atoms with Crippen LogP contribution < -0.4 is 5.73 Å². The second-order valence-electron chi connectivity index (χ2n) is 2.83. The average molecular weight is 197 g/mol. The van der Waals surface area contributed by atoms with Gasteiger partial charge in [0.25, 0.3) is 0 Å². The van der Waals surface area contributed by atoms with Gasteiger partial charge in [0.15, 0.2) is 5.65 Å². The first-order valence-corrected chi connectivity index (χ1v) is 4.27. The number of nitrogens with zero attached hydrogens (tertiary/aromatic N) is 3. The Labute approximate surface area is 80.3 Å². The number of rotatable bonds is 1. The molecular weight excluding hydrogens is 188 g/mol. The Morgan fingerprint density at radius 3 is 3.08 bits per heavy atom. The van der Waals surface area contributed by atoms with Crippen molar-refractivity contribution in [1.29, 1.82) is 0 Å². The van der Waals surface area contributed by atoms with Gasteiger partial charge in [0.2, 0.25) is 5.28 Å². The van der Waals surface area contributed by atoms with Gasteiger partial charge in [-0.3, -0.25) is 0 Å².